The van der Waals surface area contributed by atoms with E-state index in [1.165, 1.54) is 22.3 Å². The van der Waals surface area contributed by atoms with E-state index >= 15 is 0 Å². The van der Waals surface area contributed by atoms with Gasteiger partial charge >= 0.3 is 0 Å². The van der Waals surface area contributed by atoms with Crippen molar-refractivity contribution in [3.63, 3.8) is 0 Å². The fraction of sp³-hybridized carbons (Fsp3) is 0.333. The summed E-state index contributed by atoms with van der Waals surface area (Å²) in [5.41, 5.74) is 4.59. The van der Waals surface area contributed by atoms with E-state index in [0.29, 0.717) is 0 Å². The lowest BCUT2D eigenvalue weighted by Crippen LogP contribution is -2.43. The Morgan fingerprint density at radius 1 is 1.07 bits per heavy atom. The number of carbonyl (C=O) groups is 1. The van der Waals surface area contributed by atoms with Gasteiger partial charge in [0.2, 0.25) is 5.91 Å². The number of amides is 1. The Bertz CT molecular complexity index is 938. The lowest BCUT2D eigenvalue weighted by Gasteiger charge is -2.31. The summed E-state index contributed by atoms with van der Waals surface area (Å²) < 4.78 is 0. The normalized spacial score (nSPS) is 19.4. The molecule has 0 aliphatic carbocycles. The van der Waals surface area contributed by atoms with Crippen molar-refractivity contribution < 1.29 is 4.79 Å². The third-order valence-electron chi connectivity index (χ3n) is 5.80. The molecule has 1 aliphatic rings. The summed E-state index contributed by atoms with van der Waals surface area (Å²) in [6.45, 7) is 2.59. The molecule has 0 N–H and O–H groups in total. The van der Waals surface area contributed by atoms with Crippen molar-refractivity contribution >= 4 is 17.2 Å². The van der Waals surface area contributed by atoms with Crippen LogP contribution in [0.1, 0.15) is 17.5 Å². The highest BCUT2D eigenvalue weighted by Gasteiger charge is 2.45. The first-order valence-electron chi connectivity index (χ1n) is 10.0. The number of hydrogen-bond acceptors (Lipinski definition) is 4. The lowest BCUT2D eigenvalue weighted by atomic mass is 9.79. The first kappa shape index (κ1) is 19.8. The van der Waals surface area contributed by atoms with E-state index in [0.717, 1.165) is 32.5 Å². The van der Waals surface area contributed by atoms with E-state index in [1.807, 2.05) is 26.5 Å². The van der Waals surface area contributed by atoms with Crippen LogP contribution in [0.5, 0.6) is 0 Å². The third-order valence-corrected chi connectivity index (χ3v) is 6.48. The summed E-state index contributed by atoms with van der Waals surface area (Å²) in [6, 6.07) is 15.0. The van der Waals surface area contributed by atoms with Gasteiger partial charge in [-0.3, -0.25) is 14.7 Å². The summed E-state index contributed by atoms with van der Waals surface area (Å²) in [4.78, 5) is 21.5. The molecular weight excluding hydrogens is 378 g/mol. The van der Waals surface area contributed by atoms with Crippen LogP contribution >= 0.6 is 11.3 Å². The molecule has 0 bridgehead atoms. The summed E-state index contributed by atoms with van der Waals surface area (Å²) in [7, 11) is 3.74. The molecule has 0 spiro atoms. The van der Waals surface area contributed by atoms with Gasteiger partial charge in [-0.25, -0.2) is 0 Å². The highest BCUT2D eigenvalue weighted by Crippen LogP contribution is 2.37. The fourth-order valence-corrected chi connectivity index (χ4v) is 5.01. The van der Waals surface area contributed by atoms with Crippen LogP contribution in [-0.4, -0.2) is 47.9 Å². The molecule has 1 amide bonds. The number of nitrogens with zero attached hydrogens (tertiary/aromatic N) is 3. The van der Waals surface area contributed by atoms with Crippen LogP contribution in [0.15, 0.2) is 65.6 Å². The molecule has 1 unspecified atom stereocenters. The third kappa shape index (κ3) is 4.41. The monoisotopic (exact) mass is 405 g/mol. The summed E-state index contributed by atoms with van der Waals surface area (Å²) in [5, 5.41) is 4.27. The van der Waals surface area contributed by atoms with Gasteiger partial charge < -0.3 is 4.90 Å². The van der Waals surface area contributed by atoms with Crippen LogP contribution < -0.4 is 0 Å². The average Bonchev–Trinajstić information content (AvgIpc) is 3.40. The van der Waals surface area contributed by atoms with Gasteiger partial charge in [-0.15, -0.1) is 0 Å². The molecule has 1 saturated heterocycles. The van der Waals surface area contributed by atoms with E-state index in [1.54, 1.807) is 16.2 Å². The fourth-order valence-electron chi connectivity index (χ4n) is 4.34. The van der Waals surface area contributed by atoms with Gasteiger partial charge in [-0.1, -0.05) is 24.3 Å². The largest absolute Gasteiger partial charge is 0.348 e. The lowest BCUT2D eigenvalue weighted by molar-refractivity contribution is -0.138. The van der Waals surface area contributed by atoms with E-state index in [2.05, 4.69) is 63.1 Å². The minimum Gasteiger partial charge on any atom is -0.348 e. The number of hydrogen-bond donors (Lipinski definition) is 0. The van der Waals surface area contributed by atoms with Gasteiger partial charge in [-0.05, 0) is 70.6 Å². The molecule has 5 heteroatoms. The SMILES string of the molecule is CN(C)C(=O)C1(Cc2ccc(-c3ccsc3)cc2)CCN(Cc2ccncc2)C1. The van der Waals surface area contributed by atoms with Crippen molar-refractivity contribution in [3.8, 4) is 11.1 Å². The van der Waals surface area contributed by atoms with Gasteiger partial charge in [0.05, 0.1) is 5.41 Å². The van der Waals surface area contributed by atoms with Gasteiger partial charge in [-0.2, -0.15) is 11.3 Å². The van der Waals surface area contributed by atoms with Crippen LogP contribution in [-0.2, 0) is 17.8 Å². The van der Waals surface area contributed by atoms with E-state index in [4.69, 9.17) is 0 Å². The Morgan fingerprint density at radius 3 is 2.48 bits per heavy atom. The van der Waals surface area contributed by atoms with Crippen LogP contribution in [0, 0.1) is 5.41 Å². The van der Waals surface area contributed by atoms with Gasteiger partial charge in [0, 0.05) is 39.6 Å². The van der Waals surface area contributed by atoms with Crippen LogP contribution in [0.25, 0.3) is 11.1 Å². The average molecular weight is 406 g/mol. The Labute approximate surface area is 176 Å². The highest BCUT2D eigenvalue weighted by atomic mass is 32.1. The molecule has 0 radical (unpaired) electrons. The molecule has 4 rings (SSSR count). The molecule has 1 aliphatic heterocycles. The number of rotatable bonds is 6. The van der Waals surface area contributed by atoms with Crippen molar-refractivity contribution in [3.05, 3.63) is 76.7 Å². The topological polar surface area (TPSA) is 36.4 Å². The minimum atomic E-state index is -0.361. The first-order valence-corrected chi connectivity index (χ1v) is 10.9. The van der Waals surface area contributed by atoms with Gasteiger partial charge in [0.1, 0.15) is 0 Å². The standard InChI is InChI=1S/C24H27N3OS/c1-26(2)23(28)24(10-13-27(18-24)16-20-7-11-25-12-8-20)15-19-3-5-21(6-4-19)22-9-14-29-17-22/h3-9,11-12,14,17H,10,13,15-16,18H2,1-2H3. The van der Waals surface area contributed by atoms with Crippen LogP contribution in [0.3, 0.4) is 0 Å². The Hall–Kier alpha value is -2.50. The number of likely N-dealkylation sites (tertiary alicyclic amines) is 1. The van der Waals surface area contributed by atoms with Gasteiger partial charge in [0.15, 0.2) is 0 Å². The summed E-state index contributed by atoms with van der Waals surface area (Å²) in [5.74, 6) is 0.233. The number of carbonyl (C=O) groups excluding carboxylic acids is 1. The second-order valence-corrected chi connectivity index (χ2v) is 8.96. The number of pyridine rings is 1. The number of benzene rings is 1. The molecule has 150 valence electrons. The maximum atomic E-state index is 13.2. The minimum absolute atomic E-state index is 0.233. The van der Waals surface area contributed by atoms with Crippen LogP contribution in [0.4, 0.5) is 0 Å². The molecule has 4 nitrogen and oxygen atoms in total. The second kappa shape index (κ2) is 8.47. The Kier molecular flexibility index (Phi) is 5.79. The van der Waals surface area contributed by atoms with E-state index in [9.17, 15) is 4.79 Å². The van der Waals surface area contributed by atoms with Crippen LogP contribution in [0.2, 0.25) is 0 Å². The first-order chi connectivity index (χ1) is 14.1. The number of thiophene rings is 1. The van der Waals surface area contributed by atoms with Gasteiger partial charge in [0.25, 0.3) is 0 Å². The predicted molar refractivity (Wildman–Crippen MR) is 119 cm³/mol. The van der Waals surface area contributed by atoms with Crippen molar-refractivity contribution in [2.75, 3.05) is 27.2 Å². The van der Waals surface area contributed by atoms with Crippen molar-refractivity contribution in [2.24, 2.45) is 5.41 Å². The smallest absolute Gasteiger partial charge is 0.229 e. The molecule has 29 heavy (non-hydrogen) atoms. The zero-order valence-corrected chi connectivity index (χ0v) is 17.9. The molecule has 3 heterocycles. The van der Waals surface area contributed by atoms with Crippen molar-refractivity contribution in [2.45, 2.75) is 19.4 Å². The summed E-state index contributed by atoms with van der Waals surface area (Å²) >= 11 is 1.71. The van der Waals surface area contributed by atoms with E-state index in [-0.39, 0.29) is 11.3 Å². The quantitative estimate of drug-likeness (QED) is 0.612. The molecule has 1 aromatic carbocycles. The molecular formula is C24H27N3OS. The molecule has 2 aromatic heterocycles. The summed E-state index contributed by atoms with van der Waals surface area (Å²) in [6.07, 6.45) is 5.33. The predicted octanol–water partition coefficient (Wildman–Crippen LogP) is 4.33. The maximum Gasteiger partial charge on any atom is 0.229 e. The maximum absolute atomic E-state index is 13.2. The molecule has 1 fully saturated rings. The highest BCUT2D eigenvalue weighted by molar-refractivity contribution is 7.08. The van der Waals surface area contributed by atoms with Crippen molar-refractivity contribution in [1.29, 1.82) is 0 Å². The zero-order chi connectivity index (χ0) is 20.3. The number of aromatic nitrogens is 1. The zero-order valence-electron chi connectivity index (χ0n) is 17.0. The Balaban J connectivity index is 1.52. The Morgan fingerprint density at radius 2 is 1.83 bits per heavy atom. The van der Waals surface area contributed by atoms with E-state index < -0.39 is 0 Å². The molecule has 3 aromatic rings. The van der Waals surface area contributed by atoms with Crippen molar-refractivity contribution in [1.82, 2.24) is 14.8 Å². The molecule has 0 saturated carbocycles. The molecule has 1 atom stereocenters. The second-order valence-electron chi connectivity index (χ2n) is 8.18.